The number of nitrogens with zero attached hydrogens (tertiary/aromatic N) is 2. The first-order valence-corrected chi connectivity index (χ1v) is 6.67. The topological polar surface area (TPSA) is 39.1 Å². The van der Waals surface area contributed by atoms with Gasteiger partial charge >= 0.3 is 0 Å². The Kier molecular flexibility index (Phi) is 4.74. The maximum atomic E-state index is 13.9. The number of aromatic nitrogens is 2. The van der Waals surface area contributed by atoms with E-state index < -0.39 is 0 Å². The minimum Gasteiger partial charge on any atom is -0.493 e. The van der Waals surface area contributed by atoms with Crippen molar-refractivity contribution in [3.05, 3.63) is 47.8 Å². The van der Waals surface area contributed by atoms with Crippen LogP contribution in [0.25, 0.3) is 0 Å². The van der Waals surface area contributed by atoms with Gasteiger partial charge in [-0.15, -0.1) is 0 Å². The molecule has 0 spiro atoms. The highest BCUT2D eigenvalue weighted by molar-refractivity contribution is 5.30. The van der Waals surface area contributed by atoms with Gasteiger partial charge in [0.2, 0.25) is 0 Å². The second kappa shape index (κ2) is 6.52. The van der Waals surface area contributed by atoms with Crippen LogP contribution in [-0.2, 0) is 13.5 Å². The first-order chi connectivity index (χ1) is 9.61. The summed E-state index contributed by atoms with van der Waals surface area (Å²) >= 11 is 0. The fourth-order valence-corrected chi connectivity index (χ4v) is 2.00. The maximum Gasteiger partial charge on any atom is 0.131 e. The molecule has 5 heteroatoms. The zero-order chi connectivity index (χ0) is 14.5. The highest BCUT2D eigenvalue weighted by Crippen LogP contribution is 2.21. The van der Waals surface area contributed by atoms with E-state index in [4.69, 9.17) is 4.74 Å². The van der Waals surface area contributed by atoms with E-state index in [0.717, 1.165) is 5.82 Å². The molecule has 20 heavy (non-hydrogen) atoms. The summed E-state index contributed by atoms with van der Waals surface area (Å²) < 4.78 is 21.4. The Morgan fingerprint density at radius 2 is 2.25 bits per heavy atom. The van der Waals surface area contributed by atoms with Crippen LogP contribution >= 0.6 is 0 Å². The Hall–Kier alpha value is -1.88. The summed E-state index contributed by atoms with van der Waals surface area (Å²) in [5.74, 6) is 1.25. The lowest BCUT2D eigenvalue weighted by Crippen LogP contribution is -2.14. The van der Waals surface area contributed by atoms with Crippen molar-refractivity contribution in [3.8, 4) is 5.75 Å². The molecule has 0 aliphatic heterocycles. The number of hydrogen-bond donors (Lipinski definition) is 1. The van der Waals surface area contributed by atoms with Gasteiger partial charge in [0, 0.05) is 43.5 Å². The molecule has 2 rings (SSSR count). The monoisotopic (exact) mass is 277 g/mol. The van der Waals surface area contributed by atoms with E-state index in [1.165, 1.54) is 6.07 Å². The van der Waals surface area contributed by atoms with Crippen molar-refractivity contribution in [1.29, 1.82) is 0 Å². The van der Waals surface area contributed by atoms with Crippen molar-refractivity contribution in [1.82, 2.24) is 14.9 Å². The largest absolute Gasteiger partial charge is 0.493 e. The lowest BCUT2D eigenvalue weighted by molar-refractivity contribution is 0.315. The predicted molar refractivity (Wildman–Crippen MR) is 76.3 cm³/mol. The van der Waals surface area contributed by atoms with Crippen molar-refractivity contribution in [2.45, 2.75) is 19.4 Å². The molecule has 1 heterocycles. The zero-order valence-electron chi connectivity index (χ0n) is 12.1. The average Bonchev–Trinajstić information content (AvgIpc) is 2.84. The molecule has 0 aliphatic rings. The van der Waals surface area contributed by atoms with Gasteiger partial charge in [-0.25, -0.2) is 9.37 Å². The zero-order valence-corrected chi connectivity index (χ0v) is 12.1. The summed E-state index contributed by atoms with van der Waals surface area (Å²) in [6, 6.07) is 4.97. The van der Waals surface area contributed by atoms with Gasteiger partial charge in [-0.3, -0.25) is 0 Å². The fraction of sp³-hybridized carbons (Fsp3) is 0.400. The number of imidazole rings is 1. The van der Waals surface area contributed by atoms with E-state index >= 15 is 0 Å². The predicted octanol–water partition coefficient (Wildman–Crippen LogP) is 2.46. The van der Waals surface area contributed by atoms with Crippen molar-refractivity contribution in [2.24, 2.45) is 7.05 Å². The lowest BCUT2D eigenvalue weighted by atomic mass is 10.1. The summed E-state index contributed by atoms with van der Waals surface area (Å²) in [5, 5.41) is 3.02. The molecule has 1 aromatic carbocycles. The van der Waals surface area contributed by atoms with Crippen LogP contribution in [0.1, 0.15) is 24.4 Å². The average molecular weight is 277 g/mol. The van der Waals surface area contributed by atoms with Crippen LogP contribution in [0.4, 0.5) is 4.39 Å². The Morgan fingerprint density at radius 3 is 2.85 bits per heavy atom. The van der Waals surface area contributed by atoms with Gasteiger partial charge in [-0.1, -0.05) is 6.07 Å². The molecule has 0 aliphatic carbocycles. The number of benzene rings is 1. The minimum absolute atomic E-state index is 0.0170. The molecule has 1 N–H and O–H groups in total. The van der Waals surface area contributed by atoms with Crippen molar-refractivity contribution >= 4 is 0 Å². The smallest absolute Gasteiger partial charge is 0.131 e. The molecule has 0 bridgehead atoms. The van der Waals surface area contributed by atoms with Crippen LogP contribution < -0.4 is 10.1 Å². The van der Waals surface area contributed by atoms with Crippen LogP contribution in [-0.4, -0.2) is 23.2 Å². The van der Waals surface area contributed by atoms with Crippen LogP contribution in [0, 0.1) is 5.82 Å². The summed E-state index contributed by atoms with van der Waals surface area (Å²) in [6.45, 7) is 2.39. The first-order valence-electron chi connectivity index (χ1n) is 6.67. The van der Waals surface area contributed by atoms with Gasteiger partial charge in [-0.2, -0.15) is 0 Å². The van der Waals surface area contributed by atoms with E-state index in [-0.39, 0.29) is 11.9 Å². The standard InChI is InChI=1S/C15H20FN3O/c1-11(17-2)13-5-4-12(10-14(13)16)20-9-6-15-18-7-8-19(15)3/h4-5,7-8,10-11,17H,6,9H2,1-3H3. The molecule has 108 valence electrons. The summed E-state index contributed by atoms with van der Waals surface area (Å²) in [6.07, 6.45) is 4.34. The molecule has 0 radical (unpaired) electrons. The third kappa shape index (κ3) is 3.36. The molecule has 0 saturated carbocycles. The van der Waals surface area contributed by atoms with E-state index in [9.17, 15) is 4.39 Å². The minimum atomic E-state index is -0.249. The van der Waals surface area contributed by atoms with Crippen LogP contribution in [0.15, 0.2) is 30.6 Å². The molecule has 0 saturated heterocycles. The fourth-order valence-electron chi connectivity index (χ4n) is 2.00. The van der Waals surface area contributed by atoms with Gasteiger partial charge < -0.3 is 14.6 Å². The van der Waals surface area contributed by atoms with E-state index in [1.807, 2.05) is 24.7 Å². The maximum absolute atomic E-state index is 13.9. The number of ether oxygens (including phenoxy) is 1. The molecular weight excluding hydrogens is 257 g/mol. The van der Waals surface area contributed by atoms with Gasteiger partial charge in [0.1, 0.15) is 17.4 Å². The third-order valence-corrected chi connectivity index (χ3v) is 3.39. The molecule has 1 unspecified atom stereocenters. The summed E-state index contributed by atoms with van der Waals surface area (Å²) in [4.78, 5) is 4.21. The number of hydrogen-bond acceptors (Lipinski definition) is 3. The van der Waals surface area contributed by atoms with Gasteiger partial charge in [0.05, 0.1) is 6.61 Å². The molecule has 0 fully saturated rings. The van der Waals surface area contributed by atoms with Crippen LogP contribution in [0.3, 0.4) is 0 Å². The Bertz CT molecular complexity index is 568. The molecule has 2 aromatic rings. The Morgan fingerprint density at radius 1 is 1.45 bits per heavy atom. The number of nitrogens with one attached hydrogen (secondary N) is 1. The van der Waals surface area contributed by atoms with Crippen LogP contribution in [0.2, 0.25) is 0 Å². The highest BCUT2D eigenvalue weighted by atomic mass is 19.1. The third-order valence-electron chi connectivity index (χ3n) is 3.39. The second-order valence-corrected chi connectivity index (χ2v) is 4.75. The van der Waals surface area contributed by atoms with Crippen LogP contribution in [0.5, 0.6) is 5.75 Å². The summed E-state index contributed by atoms with van der Waals surface area (Å²) in [7, 11) is 3.75. The first kappa shape index (κ1) is 14.5. The number of aryl methyl sites for hydroxylation is 1. The summed E-state index contributed by atoms with van der Waals surface area (Å²) in [5.41, 5.74) is 0.643. The van der Waals surface area contributed by atoms with Crippen molar-refractivity contribution < 1.29 is 9.13 Å². The Balaban J connectivity index is 1.94. The number of rotatable bonds is 6. The van der Waals surface area contributed by atoms with Gasteiger partial charge in [0.15, 0.2) is 0 Å². The number of halogens is 1. The molecular formula is C15H20FN3O. The second-order valence-electron chi connectivity index (χ2n) is 4.75. The lowest BCUT2D eigenvalue weighted by Gasteiger charge is -2.13. The van der Waals surface area contributed by atoms with E-state index in [2.05, 4.69) is 10.3 Å². The van der Waals surface area contributed by atoms with Gasteiger partial charge in [0.25, 0.3) is 0 Å². The van der Waals surface area contributed by atoms with Crippen molar-refractivity contribution in [3.63, 3.8) is 0 Å². The molecule has 1 atom stereocenters. The molecule has 4 nitrogen and oxygen atoms in total. The molecule has 0 amide bonds. The SMILES string of the molecule is CNC(C)c1ccc(OCCc2nccn2C)cc1F. The Labute approximate surface area is 118 Å². The van der Waals surface area contributed by atoms with Gasteiger partial charge in [-0.05, 0) is 20.0 Å². The van der Waals surface area contributed by atoms with Crippen molar-refractivity contribution in [2.75, 3.05) is 13.7 Å². The quantitative estimate of drug-likeness (QED) is 0.881. The van der Waals surface area contributed by atoms with E-state index in [0.29, 0.717) is 24.3 Å². The molecule has 1 aromatic heterocycles. The normalized spacial score (nSPS) is 12.4. The highest BCUT2D eigenvalue weighted by Gasteiger charge is 2.10. The van der Waals surface area contributed by atoms with E-state index in [1.54, 1.807) is 25.4 Å².